The maximum atomic E-state index is 8.53. The molecule has 1 aliphatic rings. The average molecular weight is 143 g/mol. The van der Waals surface area contributed by atoms with Crippen LogP contribution < -0.4 is 0 Å². The molecule has 0 bridgehead atoms. The van der Waals surface area contributed by atoms with Gasteiger partial charge < -0.3 is 0 Å². The fourth-order valence-electron chi connectivity index (χ4n) is 0.807. The van der Waals surface area contributed by atoms with E-state index in [4.69, 9.17) is 16.9 Å². The number of nitriles is 1. The van der Waals surface area contributed by atoms with Crippen LogP contribution in [0.4, 0.5) is 0 Å². The quantitative estimate of drug-likeness (QED) is 0.507. The van der Waals surface area contributed by atoms with Gasteiger partial charge in [0.05, 0.1) is 6.07 Å². The Bertz CT molecular complexity index is 192. The van der Waals surface area contributed by atoms with Crippen molar-refractivity contribution in [3.05, 3.63) is 0 Å². The molecule has 0 fully saturated rings. The van der Waals surface area contributed by atoms with Gasteiger partial charge in [0.2, 0.25) is 0 Å². The number of hydrogen-bond acceptors (Lipinski definition) is 2. The Hall–Kier alpha value is -0.550. The molecule has 48 valence electrons. The fraction of sp³-hybridized carbons (Fsp3) is 0.667. The minimum atomic E-state index is -0.531. The normalized spacial score (nSPS) is 33.7. The summed E-state index contributed by atoms with van der Waals surface area (Å²) in [5, 5.41) is 9.11. The van der Waals surface area contributed by atoms with Crippen LogP contribution in [-0.4, -0.2) is 10.7 Å². The molecule has 0 aliphatic carbocycles. The predicted octanol–water partition coefficient (Wildman–Crippen LogP) is 1.70. The highest BCUT2D eigenvalue weighted by Crippen LogP contribution is 2.25. The second-order valence-electron chi connectivity index (χ2n) is 2.37. The third-order valence-electron chi connectivity index (χ3n) is 1.43. The number of rotatable bonds is 0. The molecule has 1 atom stereocenters. The number of halogens is 1. The van der Waals surface area contributed by atoms with Crippen molar-refractivity contribution in [3.63, 3.8) is 0 Å². The lowest BCUT2D eigenvalue weighted by atomic mass is 10.0. The molecule has 1 heterocycles. The molecular formula is C6H7ClN2. The molecule has 3 heteroatoms. The zero-order valence-electron chi connectivity index (χ0n) is 5.19. The van der Waals surface area contributed by atoms with Crippen LogP contribution in [0.1, 0.15) is 19.8 Å². The highest BCUT2D eigenvalue weighted by Gasteiger charge is 2.28. The topological polar surface area (TPSA) is 36.1 Å². The van der Waals surface area contributed by atoms with Crippen LogP contribution in [-0.2, 0) is 0 Å². The van der Waals surface area contributed by atoms with E-state index >= 15 is 0 Å². The molecule has 0 N–H and O–H groups in total. The molecule has 0 saturated carbocycles. The predicted molar refractivity (Wildman–Crippen MR) is 36.5 cm³/mol. The van der Waals surface area contributed by atoms with Gasteiger partial charge in [-0.15, -0.1) is 0 Å². The van der Waals surface area contributed by atoms with E-state index in [0.29, 0.717) is 5.17 Å². The molecule has 1 aliphatic heterocycles. The van der Waals surface area contributed by atoms with Crippen LogP contribution in [0, 0.1) is 11.3 Å². The first kappa shape index (κ1) is 6.57. The highest BCUT2D eigenvalue weighted by molar-refractivity contribution is 6.65. The SMILES string of the molecule is CC1(C#N)CCC(Cl)=N1. The third kappa shape index (κ3) is 1.22. The molecule has 0 radical (unpaired) electrons. The van der Waals surface area contributed by atoms with Gasteiger partial charge in [0.1, 0.15) is 10.7 Å². The molecule has 9 heavy (non-hydrogen) atoms. The largest absolute Gasteiger partial charge is 0.256 e. The first-order chi connectivity index (χ1) is 4.16. The van der Waals surface area contributed by atoms with Crippen LogP contribution in [0.25, 0.3) is 0 Å². The molecule has 2 nitrogen and oxygen atoms in total. The zero-order chi connectivity index (χ0) is 6.91. The van der Waals surface area contributed by atoms with E-state index in [2.05, 4.69) is 11.1 Å². The number of nitrogens with zero attached hydrogens (tertiary/aromatic N) is 2. The van der Waals surface area contributed by atoms with E-state index in [9.17, 15) is 0 Å². The van der Waals surface area contributed by atoms with Gasteiger partial charge in [-0.1, -0.05) is 11.6 Å². The summed E-state index contributed by atoms with van der Waals surface area (Å²) in [6.07, 6.45) is 1.52. The Kier molecular flexibility index (Phi) is 1.46. The average Bonchev–Trinajstić information content (AvgIpc) is 2.13. The second kappa shape index (κ2) is 2.00. The summed E-state index contributed by atoms with van der Waals surface area (Å²) in [5.41, 5.74) is -0.531. The first-order valence-electron chi connectivity index (χ1n) is 2.82. The molecule has 0 aromatic heterocycles. The van der Waals surface area contributed by atoms with Gasteiger partial charge in [-0.2, -0.15) is 5.26 Å². The van der Waals surface area contributed by atoms with Gasteiger partial charge in [0, 0.05) is 6.42 Å². The molecule has 0 amide bonds. The first-order valence-corrected chi connectivity index (χ1v) is 3.19. The van der Waals surface area contributed by atoms with Crippen molar-refractivity contribution in [1.82, 2.24) is 0 Å². The maximum Gasteiger partial charge on any atom is 0.145 e. The Morgan fingerprint density at radius 2 is 2.56 bits per heavy atom. The van der Waals surface area contributed by atoms with Crippen LogP contribution in [0.15, 0.2) is 4.99 Å². The summed E-state index contributed by atoms with van der Waals surface area (Å²) in [5.74, 6) is 0. The summed E-state index contributed by atoms with van der Waals surface area (Å²) in [6.45, 7) is 1.79. The molecule has 0 aromatic rings. The van der Waals surface area contributed by atoms with E-state index in [1.54, 1.807) is 6.92 Å². The lowest BCUT2D eigenvalue weighted by Crippen LogP contribution is -2.13. The zero-order valence-corrected chi connectivity index (χ0v) is 5.94. The van der Waals surface area contributed by atoms with Crippen LogP contribution in [0.3, 0.4) is 0 Å². The van der Waals surface area contributed by atoms with Gasteiger partial charge in [0.15, 0.2) is 0 Å². The fourth-order valence-corrected chi connectivity index (χ4v) is 1.09. The van der Waals surface area contributed by atoms with Crippen molar-refractivity contribution < 1.29 is 0 Å². The lowest BCUT2D eigenvalue weighted by Gasteiger charge is -2.06. The monoisotopic (exact) mass is 142 g/mol. The van der Waals surface area contributed by atoms with Crippen LogP contribution in [0.2, 0.25) is 0 Å². The summed E-state index contributed by atoms with van der Waals surface area (Å²) >= 11 is 5.57. The van der Waals surface area contributed by atoms with Crippen LogP contribution >= 0.6 is 11.6 Å². The molecule has 1 rings (SSSR count). The molecular weight excluding hydrogens is 136 g/mol. The maximum absolute atomic E-state index is 8.53. The summed E-state index contributed by atoms with van der Waals surface area (Å²) in [4.78, 5) is 3.96. The van der Waals surface area contributed by atoms with Crippen LogP contribution in [0.5, 0.6) is 0 Å². The summed E-state index contributed by atoms with van der Waals surface area (Å²) in [7, 11) is 0. The minimum absolute atomic E-state index is 0.531. The van der Waals surface area contributed by atoms with Gasteiger partial charge in [0.25, 0.3) is 0 Å². The van der Waals surface area contributed by atoms with E-state index < -0.39 is 5.54 Å². The summed E-state index contributed by atoms with van der Waals surface area (Å²) in [6, 6.07) is 2.10. The van der Waals surface area contributed by atoms with E-state index in [-0.39, 0.29) is 0 Å². The number of hydrogen-bond donors (Lipinski definition) is 0. The van der Waals surface area contributed by atoms with Crippen molar-refractivity contribution >= 4 is 16.8 Å². The lowest BCUT2D eigenvalue weighted by molar-refractivity contribution is 0.600. The Morgan fingerprint density at radius 3 is 2.78 bits per heavy atom. The molecule has 0 spiro atoms. The highest BCUT2D eigenvalue weighted by atomic mass is 35.5. The Morgan fingerprint density at radius 1 is 1.89 bits per heavy atom. The van der Waals surface area contributed by atoms with Crippen molar-refractivity contribution in [1.29, 1.82) is 5.26 Å². The molecule has 0 saturated heterocycles. The van der Waals surface area contributed by atoms with Crippen molar-refractivity contribution in [3.8, 4) is 6.07 Å². The van der Waals surface area contributed by atoms with Gasteiger partial charge in [-0.25, -0.2) is 0 Å². The van der Waals surface area contributed by atoms with Crippen molar-refractivity contribution in [2.24, 2.45) is 4.99 Å². The summed E-state index contributed by atoms with van der Waals surface area (Å²) < 4.78 is 0. The Balaban J connectivity index is 2.79. The third-order valence-corrected chi connectivity index (χ3v) is 1.70. The van der Waals surface area contributed by atoms with Gasteiger partial charge >= 0.3 is 0 Å². The van der Waals surface area contributed by atoms with E-state index in [1.165, 1.54) is 0 Å². The van der Waals surface area contributed by atoms with Crippen molar-refractivity contribution in [2.75, 3.05) is 0 Å². The van der Waals surface area contributed by atoms with E-state index in [0.717, 1.165) is 12.8 Å². The second-order valence-corrected chi connectivity index (χ2v) is 2.81. The smallest absolute Gasteiger partial charge is 0.145 e. The van der Waals surface area contributed by atoms with E-state index in [1.807, 2.05) is 0 Å². The Labute approximate surface area is 59.1 Å². The van der Waals surface area contributed by atoms with Crippen molar-refractivity contribution in [2.45, 2.75) is 25.3 Å². The number of aliphatic imine (C=N–C) groups is 1. The molecule has 0 aromatic carbocycles. The van der Waals surface area contributed by atoms with Gasteiger partial charge in [-0.05, 0) is 13.3 Å². The standard InChI is InChI=1S/C6H7ClN2/c1-6(4-8)3-2-5(7)9-6/h2-3H2,1H3. The minimum Gasteiger partial charge on any atom is -0.256 e. The molecule has 1 unspecified atom stereocenters. The van der Waals surface area contributed by atoms with Gasteiger partial charge in [-0.3, -0.25) is 4.99 Å².